The summed E-state index contributed by atoms with van der Waals surface area (Å²) in [6.45, 7) is 1.53. The number of allylic oxidation sites excluding steroid dienone is 1. The van der Waals surface area contributed by atoms with Gasteiger partial charge < -0.3 is 0 Å². The highest BCUT2D eigenvalue weighted by Gasteiger charge is 2.26. The molecule has 3 nitrogen and oxygen atoms in total. The third-order valence-electron chi connectivity index (χ3n) is 2.65. The third kappa shape index (κ3) is 2.08. The van der Waals surface area contributed by atoms with Crippen molar-refractivity contribution in [2.24, 2.45) is 0 Å². The van der Waals surface area contributed by atoms with E-state index in [0.29, 0.717) is 5.57 Å². The van der Waals surface area contributed by atoms with Gasteiger partial charge in [0.2, 0.25) is 5.91 Å². The Labute approximate surface area is 96.1 Å². The number of hydrogen-bond donors (Lipinski definition) is 1. The van der Waals surface area contributed by atoms with Gasteiger partial charge in [0.15, 0.2) is 0 Å². The molecule has 0 saturated carbocycles. The fourth-order valence-electron chi connectivity index (χ4n) is 1.75. The number of benzene rings is 1. The van der Waals surface area contributed by atoms with E-state index in [9.17, 15) is 18.4 Å². The number of carbonyl (C=O) groups excluding carboxylic acids is 2. The minimum Gasteiger partial charge on any atom is -0.292 e. The van der Waals surface area contributed by atoms with E-state index in [-0.39, 0.29) is 17.6 Å². The molecule has 0 unspecified atom stereocenters. The average Bonchev–Trinajstić information content (AvgIpc) is 2.57. The first-order valence-corrected chi connectivity index (χ1v) is 4.98. The van der Waals surface area contributed by atoms with Crippen molar-refractivity contribution in [1.82, 2.24) is 5.32 Å². The van der Waals surface area contributed by atoms with Crippen molar-refractivity contribution in [3.05, 3.63) is 41.0 Å². The van der Waals surface area contributed by atoms with E-state index < -0.39 is 23.4 Å². The highest BCUT2D eigenvalue weighted by atomic mass is 19.1. The van der Waals surface area contributed by atoms with Crippen molar-refractivity contribution in [3.8, 4) is 0 Å². The summed E-state index contributed by atoms with van der Waals surface area (Å²) in [6, 6.07) is 3.11. The topological polar surface area (TPSA) is 46.2 Å². The van der Waals surface area contributed by atoms with Crippen LogP contribution in [-0.4, -0.2) is 11.8 Å². The molecule has 0 aliphatic carbocycles. The molecule has 1 aromatic rings. The van der Waals surface area contributed by atoms with E-state index in [0.717, 1.165) is 12.1 Å². The first-order valence-electron chi connectivity index (χ1n) is 4.98. The van der Waals surface area contributed by atoms with Crippen molar-refractivity contribution in [2.75, 3.05) is 0 Å². The maximum absolute atomic E-state index is 13.5. The molecule has 2 rings (SSSR count). The second-order valence-corrected chi connectivity index (χ2v) is 3.78. The molecular weight excluding hydrogens is 228 g/mol. The first kappa shape index (κ1) is 11.4. The normalized spacial score (nSPS) is 18.3. The fraction of sp³-hybridized carbons (Fsp3) is 0.167. The molecule has 0 spiro atoms. The highest BCUT2D eigenvalue weighted by Crippen LogP contribution is 2.25. The average molecular weight is 237 g/mol. The molecule has 0 radical (unpaired) electrons. The van der Waals surface area contributed by atoms with Crippen LogP contribution in [0.2, 0.25) is 0 Å². The van der Waals surface area contributed by atoms with Gasteiger partial charge in [-0.3, -0.25) is 14.9 Å². The van der Waals surface area contributed by atoms with E-state index in [1.54, 1.807) is 0 Å². The molecule has 17 heavy (non-hydrogen) atoms. The van der Waals surface area contributed by atoms with Gasteiger partial charge in [0.1, 0.15) is 11.6 Å². The zero-order valence-corrected chi connectivity index (χ0v) is 9.01. The number of imide groups is 1. The Hall–Kier alpha value is -2.04. The Morgan fingerprint density at radius 2 is 2.00 bits per heavy atom. The Kier molecular flexibility index (Phi) is 2.75. The molecular formula is C12H9F2NO2. The van der Waals surface area contributed by atoms with Gasteiger partial charge in [-0.25, -0.2) is 8.78 Å². The lowest BCUT2D eigenvalue weighted by atomic mass is 10.00. The largest absolute Gasteiger partial charge is 0.292 e. The van der Waals surface area contributed by atoms with Crippen LogP contribution in [0.4, 0.5) is 8.78 Å². The van der Waals surface area contributed by atoms with Crippen LogP contribution in [0.15, 0.2) is 23.8 Å². The Morgan fingerprint density at radius 3 is 2.53 bits per heavy atom. The minimum atomic E-state index is -0.748. The SMILES string of the molecule is CC(=C1CC(=O)NC1=O)c1ccc(F)cc1F. The molecule has 1 N–H and O–H groups in total. The lowest BCUT2D eigenvalue weighted by Crippen LogP contribution is -2.19. The predicted molar refractivity (Wildman–Crippen MR) is 56.7 cm³/mol. The molecule has 1 aliphatic heterocycles. The van der Waals surface area contributed by atoms with E-state index in [2.05, 4.69) is 5.32 Å². The Morgan fingerprint density at radius 1 is 1.29 bits per heavy atom. The van der Waals surface area contributed by atoms with Gasteiger partial charge in [-0.05, 0) is 24.6 Å². The van der Waals surface area contributed by atoms with Crippen molar-refractivity contribution in [2.45, 2.75) is 13.3 Å². The number of carbonyl (C=O) groups is 2. The summed E-state index contributed by atoms with van der Waals surface area (Å²) in [7, 11) is 0. The molecule has 1 aromatic carbocycles. The van der Waals surface area contributed by atoms with Crippen LogP contribution in [0, 0.1) is 11.6 Å². The number of nitrogens with one attached hydrogen (secondary N) is 1. The van der Waals surface area contributed by atoms with Crippen molar-refractivity contribution in [1.29, 1.82) is 0 Å². The molecule has 1 heterocycles. The quantitative estimate of drug-likeness (QED) is 0.597. The number of amides is 2. The zero-order valence-electron chi connectivity index (χ0n) is 9.01. The number of halogens is 2. The monoisotopic (exact) mass is 237 g/mol. The smallest absolute Gasteiger partial charge is 0.254 e. The molecule has 1 aliphatic rings. The van der Waals surface area contributed by atoms with Crippen LogP contribution in [-0.2, 0) is 9.59 Å². The lowest BCUT2D eigenvalue weighted by molar-refractivity contribution is -0.124. The molecule has 1 saturated heterocycles. The molecule has 0 bridgehead atoms. The number of hydrogen-bond acceptors (Lipinski definition) is 2. The Balaban J connectivity index is 2.50. The maximum atomic E-state index is 13.5. The van der Waals surface area contributed by atoms with Gasteiger partial charge in [-0.15, -0.1) is 0 Å². The molecule has 0 atom stereocenters. The second kappa shape index (κ2) is 4.08. The summed E-state index contributed by atoms with van der Waals surface area (Å²) in [5.41, 5.74) is 0.706. The summed E-state index contributed by atoms with van der Waals surface area (Å²) in [5, 5.41) is 2.12. The van der Waals surface area contributed by atoms with Crippen molar-refractivity contribution >= 4 is 17.4 Å². The summed E-state index contributed by atoms with van der Waals surface area (Å²) >= 11 is 0. The van der Waals surface area contributed by atoms with Crippen LogP contribution in [0.25, 0.3) is 5.57 Å². The molecule has 5 heteroatoms. The van der Waals surface area contributed by atoms with Gasteiger partial charge in [0.25, 0.3) is 5.91 Å². The van der Waals surface area contributed by atoms with Gasteiger partial charge in [0, 0.05) is 17.2 Å². The standard InChI is InChI=1S/C12H9F2NO2/c1-6(9-5-11(16)15-12(9)17)8-3-2-7(13)4-10(8)14/h2-4H,5H2,1H3,(H,15,16,17). The summed E-state index contributed by atoms with van der Waals surface area (Å²) in [5.74, 6) is -2.36. The van der Waals surface area contributed by atoms with Crippen LogP contribution in [0.5, 0.6) is 0 Å². The Bertz CT molecular complexity index is 549. The molecule has 1 fully saturated rings. The van der Waals surface area contributed by atoms with Crippen LogP contribution >= 0.6 is 0 Å². The summed E-state index contributed by atoms with van der Waals surface area (Å²) in [6.07, 6.45) is -0.0680. The van der Waals surface area contributed by atoms with Crippen LogP contribution in [0.1, 0.15) is 18.9 Å². The van der Waals surface area contributed by atoms with Gasteiger partial charge >= 0.3 is 0 Å². The van der Waals surface area contributed by atoms with E-state index in [1.165, 1.54) is 13.0 Å². The summed E-state index contributed by atoms with van der Waals surface area (Å²) in [4.78, 5) is 22.4. The predicted octanol–water partition coefficient (Wildman–Crippen LogP) is 1.78. The van der Waals surface area contributed by atoms with Crippen LogP contribution in [0.3, 0.4) is 0 Å². The fourth-order valence-corrected chi connectivity index (χ4v) is 1.75. The van der Waals surface area contributed by atoms with Crippen molar-refractivity contribution in [3.63, 3.8) is 0 Å². The van der Waals surface area contributed by atoms with E-state index in [4.69, 9.17) is 0 Å². The van der Waals surface area contributed by atoms with E-state index >= 15 is 0 Å². The maximum Gasteiger partial charge on any atom is 0.254 e. The molecule has 0 aromatic heterocycles. The number of rotatable bonds is 1. The molecule has 2 amide bonds. The zero-order chi connectivity index (χ0) is 12.6. The molecule has 88 valence electrons. The lowest BCUT2D eigenvalue weighted by Gasteiger charge is -2.05. The van der Waals surface area contributed by atoms with E-state index in [1.807, 2.05) is 0 Å². The van der Waals surface area contributed by atoms with Gasteiger partial charge in [-0.1, -0.05) is 0 Å². The van der Waals surface area contributed by atoms with Crippen LogP contribution < -0.4 is 5.32 Å². The van der Waals surface area contributed by atoms with Gasteiger partial charge in [0.05, 0.1) is 6.42 Å². The van der Waals surface area contributed by atoms with Gasteiger partial charge in [-0.2, -0.15) is 0 Å². The summed E-state index contributed by atoms with van der Waals surface area (Å²) < 4.78 is 26.2. The first-order chi connectivity index (χ1) is 7.99. The third-order valence-corrected chi connectivity index (χ3v) is 2.65. The van der Waals surface area contributed by atoms with Crippen molar-refractivity contribution < 1.29 is 18.4 Å². The highest BCUT2D eigenvalue weighted by molar-refractivity contribution is 6.17. The minimum absolute atomic E-state index is 0.0680. The second-order valence-electron chi connectivity index (χ2n) is 3.78.